The number of carbonyl (C=O) groups is 1. The Bertz CT molecular complexity index is 369. The minimum absolute atomic E-state index is 0.0381. The van der Waals surface area contributed by atoms with Crippen molar-refractivity contribution in [1.82, 2.24) is 9.97 Å². The predicted molar refractivity (Wildman–Crippen MR) is 64.8 cm³/mol. The molecule has 0 spiro atoms. The lowest BCUT2D eigenvalue weighted by atomic mass is 10.1. The molecule has 0 saturated carbocycles. The molecular formula is C12H17N3O. The Morgan fingerprint density at radius 1 is 1.44 bits per heavy atom. The molecule has 1 amide bonds. The molecule has 0 unspecified atom stereocenters. The second kappa shape index (κ2) is 8.42. The Kier molecular flexibility index (Phi) is 7.43. The summed E-state index contributed by atoms with van der Waals surface area (Å²) in [4.78, 5) is 18.6. The number of nitrogens with zero attached hydrogens (tertiary/aromatic N) is 2. The van der Waals surface area contributed by atoms with Crippen LogP contribution in [-0.4, -0.2) is 15.9 Å². The number of hydrogen-bond acceptors (Lipinski definition) is 3. The van der Waals surface area contributed by atoms with Gasteiger partial charge in [0.2, 0.25) is 5.91 Å². The van der Waals surface area contributed by atoms with Gasteiger partial charge in [-0.25, -0.2) is 9.97 Å². The van der Waals surface area contributed by atoms with Crippen molar-refractivity contribution < 1.29 is 4.79 Å². The molecule has 4 nitrogen and oxygen atoms in total. The van der Waals surface area contributed by atoms with Gasteiger partial charge < -0.3 is 5.32 Å². The van der Waals surface area contributed by atoms with Crippen LogP contribution in [0.25, 0.3) is 0 Å². The standard InChI is InChI=1S/C7H7N3O.C3H4.C2H6/c11-6-2-1-5-3-8-4-9-7(5)10-6;1-3-2;1-2/h3-4H,1-2H2,(H,8,9,10,11);1H,2H3;1-2H3. The summed E-state index contributed by atoms with van der Waals surface area (Å²) in [6.45, 7) is 5.65. The number of rotatable bonds is 0. The fraction of sp³-hybridized carbons (Fsp3) is 0.417. The Balaban J connectivity index is 0.000000394. The molecule has 16 heavy (non-hydrogen) atoms. The molecule has 0 atom stereocenters. The van der Waals surface area contributed by atoms with Gasteiger partial charge in [-0.15, -0.1) is 12.3 Å². The molecule has 1 aromatic rings. The van der Waals surface area contributed by atoms with Crippen LogP contribution in [0.3, 0.4) is 0 Å². The second-order valence-corrected chi connectivity index (χ2v) is 2.73. The maximum absolute atomic E-state index is 10.9. The van der Waals surface area contributed by atoms with E-state index in [0.29, 0.717) is 12.2 Å². The Labute approximate surface area is 96.5 Å². The summed E-state index contributed by atoms with van der Waals surface area (Å²) in [6, 6.07) is 0. The quantitative estimate of drug-likeness (QED) is 0.679. The zero-order valence-corrected chi connectivity index (χ0v) is 9.95. The number of nitrogens with one attached hydrogen (secondary N) is 1. The summed E-state index contributed by atoms with van der Waals surface area (Å²) in [7, 11) is 0. The van der Waals surface area contributed by atoms with Gasteiger partial charge in [0.1, 0.15) is 12.1 Å². The molecule has 4 heteroatoms. The monoisotopic (exact) mass is 219 g/mol. The van der Waals surface area contributed by atoms with Gasteiger partial charge in [0.05, 0.1) is 0 Å². The van der Waals surface area contributed by atoms with Crippen LogP contribution in [0, 0.1) is 12.3 Å². The van der Waals surface area contributed by atoms with Crippen LogP contribution in [0.5, 0.6) is 0 Å². The number of fused-ring (bicyclic) bond motifs is 1. The van der Waals surface area contributed by atoms with Gasteiger partial charge in [0.15, 0.2) is 0 Å². The van der Waals surface area contributed by atoms with E-state index >= 15 is 0 Å². The summed E-state index contributed by atoms with van der Waals surface area (Å²) in [5.74, 6) is 2.95. The van der Waals surface area contributed by atoms with E-state index in [4.69, 9.17) is 0 Å². The van der Waals surface area contributed by atoms with Gasteiger partial charge in [-0.2, -0.15) is 0 Å². The second-order valence-electron chi connectivity index (χ2n) is 2.73. The van der Waals surface area contributed by atoms with Crippen molar-refractivity contribution in [2.45, 2.75) is 33.6 Å². The molecule has 1 aliphatic rings. The Hall–Kier alpha value is -1.89. The number of aryl methyl sites for hydroxylation is 1. The predicted octanol–water partition coefficient (Wildman–Crippen LogP) is 2.03. The van der Waals surface area contributed by atoms with Gasteiger partial charge >= 0.3 is 0 Å². The van der Waals surface area contributed by atoms with Crippen molar-refractivity contribution in [2.75, 3.05) is 5.32 Å². The van der Waals surface area contributed by atoms with Gasteiger partial charge in [-0.05, 0) is 13.3 Å². The highest BCUT2D eigenvalue weighted by Gasteiger charge is 2.14. The highest BCUT2D eigenvalue weighted by Crippen LogP contribution is 2.16. The largest absolute Gasteiger partial charge is 0.310 e. The lowest BCUT2D eigenvalue weighted by molar-refractivity contribution is -0.116. The van der Waals surface area contributed by atoms with Gasteiger partial charge in [-0.1, -0.05) is 13.8 Å². The fourth-order valence-electron chi connectivity index (χ4n) is 1.10. The fourth-order valence-corrected chi connectivity index (χ4v) is 1.10. The Morgan fingerprint density at radius 3 is 2.69 bits per heavy atom. The van der Waals surface area contributed by atoms with Crippen LogP contribution in [-0.2, 0) is 11.2 Å². The summed E-state index contributed by atoms with van der Waals surface area (Å²) in [5.41, 5.74) is 1.02. The normalized spacial score (nSPS) is 11.5. The first-order valence-corrected chi connectivity index (χ1v) is 5.24. The third-order valence-electron chi connectivity index (χ3n) is 1.67. The van der Waals surface area contributed by atoms with Crippen molar-refractivity contribution in [3.8, 4) is 12.3 Å². The molecule has 2 rings (SSSR count). The maximum atomic E-state index is 10.9. The lowest BCUT2D eigenvalue weighted by Crippen LogP contribution is -2.20. The summed E-state index contributed by atoms with van der Waals surface area (Å²) >= 11 is 0. The molecule has 1 aliphatic heterocycles. The van der Waals surface area contributed by atoms with E-state index < -0.39 is 0 Å². The van der Waals surface area contributed by atoms with E-state index in [1.807, 2.05) is 13.8 Å². The van der Waals surface area contributed by atoms with Crippen molar-refractivity contribution in [1.29, 1.82) is 0 Å². The smallest absolute Gasteiger partial charge is 0.225 e. The first-order valence-electron chi connectivity index (χ1n) is 5.24. The molecule has 0 aliphatic carbocycles. The van der Waals surface area contributed by atoms with Gasteiger partial charge in [0.25, 0.3) is 0 Å². The summed E-state index contributed by atoms with van der Waals surface area (Å²) in [6.07, 6.45) is 9.06. The maximum Gasteiger partial charge on any atom is 0.225 e. The number of aromatic nitrogens is 2. The average Bonchev–Trinajstić information content (AvgIpc) is 2.32. The van der Waals surface area contributed by atoms with Crippen LogP contribution in [0.4, 0.5) is 5.82 Å². The van der Waals surface area contributed by atoms with E-state index in [2.05, 4.69) is 27.6 Å². The van der Waals surface area contributed by atoms with Crippen LogP contribution < -0.4 is 5.32 Å². The van der Waals surface area contributed by atoms with Crippen molar-refractivity contribution >= 4 is 11.7 Å². The van der Waals surface area contributed by atoms with E-state index in [-0.39, 0.29) is 5.91 Å². The van der Waals surface area contributed by atoms with Crippen LogP contribution in [0.1, 0.15) is 32.8 Å². The topological polar surface area (TPSA) is 54.9 Å². The third kappa shape index (κ3) is 4.56. The highest BCUT2D eigenvalue weighted by molar-refractivity contribution is 5.92. The van der Waals surface area contributed by atoms with Crippen molar-refractivity contribution in [3.63, 3.8) is 0 Å². The molecule has 0 fully saturated rings. The molecule has 1 N–H and O–H groups in total. The highest BCUT2D eigenvalue weighted by atomic mass is 16.1. The van der Waals surface area contributed by atoms with E-state index in [9.17, 15) is 4.79 Å². The molecular weight excluding hydrogens is 202 g/mol. The molecule has 0 aromatic carbocycles. The van der Waals surface area contributed by atoms with Gasteiger partial charge in [-0.3, -0.25) is 4.79 Å². The zero-order valence-electron chi connectivity index (χ0n) is 9.95. The number of anilines is 1. The number of carbonyl (C=O) groups excluding carboxylic acids is 1. The SMILES string of the molecule is C#CC.CC.O=C1CCc2cncnc2N1. The van der Waals surface area contributed by atoms with Crippen molar-refractivity contribution in [2.24, 2.45) is 0 Å². The molecule has 1 aromatic heterocycles. The third-order valence-corrected chi connectivity index (χ3v) is 1.67. The van der Waals surface area contributed by atoms with Crippen LogP contribution >= 0.6 is 0 Å². The number of hydrogen-bond donors (Lipinski definition) is 1. The van der Waals surface area contributed by atoms with Crippen molar-refractivity contribution in [3.05, 3.63) is 18.1 Å². The van der Waals surface area contributed by atoms with E-state index in [1.165, 1.54) is 6.33 Å². The molecule has 0 bridgehead atoms. The first kappa shape index (κ1) is 14.1. The minimum Gasteiger partial charge on any atom is -0.310 e. The lowest BCUT2D eigenvalue weighted by Gasteiger charge is -2.13. The number of amides is 1. The molecule has 2 heterocycles. The van der Waals surface area contributed by atoms with Gasteiger partial charge in [0, 0.05) is 18.2 Å². The zero-order chi connectivity index (χ0) is 12.4. The van der Waals surface area contributed by atoms with Crippen LogP contribution in [0.15, 0.2) is 12.5 Å². The van der Waals surface area contributed by atoms with Crippen LogP contribution in [0.2, 0.25) is 0 Å². The number of terminal acetylenes is 1. The molecule has 0 radical (unpaired) electrons. The average molecular weight is 219 g/mol. The Morgan fingerprint density at radius 2 is 2.06 bits per heavy atom. The molecule has 0 saturated heterocycles. The molecule has 86 valence electrons. The summed E-state index contributed by atoms with van der Waals surface area (Å²) < 4.78 is 0. The van der Waals surface area contributed by atoms with E-state index in [1.54, 1.807) is 13.1 Å². The minimum atomic E-state index is 0.0381. The first-order chi connectivity index (χ1) is 7.77. The summed E-state index contributed by atoms with van der Waals surface area (Å²) in [5, 5.41) is 2.67. The van der Waals surface area contributed by atoms with E-state index in [0.717, 1.165) is 12.0 Å².